The number of nitrogens with one attached hydrogen (secondary N) is 2. The fourth-order valence-corrected chi connectivity index (χ4v) is 2.37. The molecule has 0 aromatic heterocycles. The van der Waals surface area contributed by atoms with Crippen LogP contribution in [0.3, 0.4) is 0 Å². The number of halogens is 3. The molecule has 0 aliphatic rings. The first kappa shape index (κ1) is 16.7. The SMILES string of the molecule is CNCCCCS(=O)(=O)NCCCC(F)(F)F. The molecule has 0 spiro atoms. The molecule has 0 aromatic carbocycles. The molecule has 4 nitrogen and oxygen atoms in total. The summed E-state index contributed by atoms with van der Waals surface area (Å²) in [6.45, 7) is 0.567. The smallest absolute Gasteiger partial charge is 0.320 e. The van der Waals surface area contributed by atoms with E-state index >= 15 is 0 Å². The second kappa shape index (κ2) is 7.88. The van der Waals surface area contributed by atoms with Crippen molar-refractivity contribution < 1.29 is 21.6 Å². The van der Waals surface area contributed by atoms with Crippen LogP contribution in [0, 0.1) is 0 Å². The van der Waals surface area contributed by atoms with Crippen LogP contribution in [0.15, 0.2) is 0 Å². The van der Waals surface area contributed by atoms with Gasteiger partial charge in [-0.15, -0.1) is 0 Å². The minimum Gasteiger partial charge on any atom is -0.320 e. The molecule has 0 aromatic rings. The van der Waals surface area contributed by atoms with Crippen molar-refractivity contribution in [2.75, 3.05) is 25.9 Å². The third-order valence-electron chi connectivity index (χ3n) is 2.05. The van der Waals surface area contributed by atoms with Crippen molar-refractivity contribution in [1.82, 2.24) is 10.0 Å². The highest BCUT2D eigenvalue weighted by Crippen LogP contribution is 2.20. The molecule has 2 N–H and O–H groups in total. The quantitative estimate of drug-likeness (QED) is 0.623. The van der Waals surface area contributed by atoms with Crippen LogP contribution in [0.25, 0.3) is 0 Å². The molecule has 0 amide bonds. The highest BCUT2D eigenvalue weighted by Gasteiger charge is 2.26. The molecule has 0 saturated heterocycles. The Hall–Kier alpha value is -0.340. The summed E-state index contributed by atoms with van der Waals surface area (Å²) in [7, 11) is -1.66. The zero-order chi connectivity index (χ0) is 13.4. The summed E-state index contributed by atoms with van der Waals surface area (Å²) >= 11 is 0. The number of sulfonamides is 1. The molecule has 8 heteroatoms. The van der Waals surface area contributed by atoms with Gasteiger partial charge < -0.3 is 5.32 Å². The van der Waals surface area contributed by atoms with E-state index in [1.165, 1.54) is 0 Å². The van der Waals surface area contributed by atoms with Crippen molar-refractivity contribution in [2.24, 2.45) is 0 Å². The van der Waals surface area contributed by atoms with Crippen LogP contribution in [-0.4, -0.2) is 40.5 Å². The van der Waals surface area contributed by atoms with Gasteiger partial charge in [0.15, 0.2) is 0 Å². The second-order valence-electron chi connectivity index (χ2n) is 3.74. The summed E-state index contributed by atoms with van der Waals surface area (Å²) in [5, 5.41) is 2.88. The molecule has 0 unspecified atom stereocenters. The number of rotatable bonds is 9. The van der Waals surface area contributed by atoms with Crippen molar-refractivity contribution in [3.05, 3.63) is 0 Å². The summed E-state index contributed by atoms with van der Waals surface area (Å²) in [5.74, 6) is -0.0410. The van der Waals surface area contributed by atoms with Gasteiger partial charge in [-0.25, -0.2) is 13.1 Å². The van der Waals surface area contributed by atoms with Gasteiger partial charge in [0.25, 0.3) is 0 Å². The van der Waals surface area contributed by atoms with Crippen LogP contribution >= 0.6 is 0 Å². The van der Waals surface area contributed by atoms with E-state index in [0.717, 1.165) is 13.0 Å². The molecular weight excluding hydrogens is 257 g/mol. The van der Waals surface area contributed by atoms with Gasteiger partial charge in [0.05, 0.1) is 5.75 Å². The lowest BCUT2D eigenvalue weighted by molar-refractivity contribution is -0.135. The Labute approximate surface area is 100 Å². The Kier molecular flexibility index (Phi) is 7.73. The average Bonchev–Trinajstić information content (AvgIpc) is 2.18. The lowest BCUT2D eigenvalue weighted by atomic mass is 10.3. The van der Waals surface area contributed by atoms with Gasteiger partial charge in [0.1, 0.15) is 0 Å². The van der Waals surface area contributed by atoms with Gasteiger partial charge in [-0.3, -0.25) is 0 Å². The molecule has 0 rings (SSSR count). The van der Waals surface area contributed by atoms with Crippen molar-refractivity contribution in [3.8, 4) is 0 Å². The van der Waals surface area contributed by atoms with Crippen LogP contribution in [-0.2, 0) is 10.0 Å². The predicted molar refractivity (Wildman–Crippen MR) is 60.2 cm³/mol. The molecular formula is C9H19F3N2O2S. The van der Waals surface area contributed by atoms with E-state index in [1.54, 1.807) is 7.05 Å². The zero-order valence-corrected chi connectivity index (χ0v) is 10.6. The topological polar surface area (TPSA) is 58.2 Å². The number of hydrogen-bond donors (Lipinski definition) is 2. The monoisotopic (exact) mass is 276 g/mol. The fraction of sp³-hybridized carbons (Fsp3) is 1.00. The largest absolute Gasteiger partial charge is 0.389 e. The fourth-order valence-electron chi connectivity index (χ4n) is 1.18. The maximum Gasteiger partial charge on any atom is 0.389 e. The molecule has 17 heavy (non-hydrogen) atoms. The minimum absolute atomic E-state index is 0.0410. The van der Waals surface area contributed by atoms with Gasteiger partial charge >= 0.3 is 6.18 Å². The number of alkyl halides is 3. The third-order valence-corrected chi connectivity index (χ3v) is 3.52. The molecule has 0 radical (unpaired) electrons. The predicted octanol–water partition coefficient (Wildman–Crippen LogP) is 1.25. The third kappa shape index (κ3) is 11.9. The molecule has 104 valence electrons. The van der Waals surface area contributed by atoms with E-state index in [4.69, 9.17) is 0 Å². The first-order valence-electron chi connectivity index (χ1n) is 5.45. The Morgan fingerprint density at radius 1 is 1.06 bits per heavy atom. The number of unbranched alkanes of at least 4 members (excludes halogenated alkanes) is 1. The average molecular weight is 276 g/mol. The summed E-state index contributed by atoms with van der Waals surface area (Å²) in [4.78, 5) is 0. The van der Waals surface area contributed by atoms with Gasteiger partial charge in [-0.1, -0.05) is 0 Å². The molecule has 0 atom stereocenters. The Balaban J connectivity index is 3.65. The highest BCUT2D eigenvalue weighted by molar-refractivity contribution is 7.89. The summed E-state index contributed by atoms with van der Waals surface area (Å²) in [5.41, 5.74) is 0. The molecule has 0 fully saturated rings. The molecule has 0 bridgehead atoms. The van der Waals surface area contributed by atoms with Crippen LogP contribution in [0.4, 0.5) is 13.2 Å². The van der Waals surface area contributed by atoms with Crippen LogP contribution in [0.5, 0.6) is 0 Å². The second-order valence-corrected chi connectivity index (χ2v) is 5.67. The molecule has 0 aliphatic carbocycles. The van der Waals surface area contributed by atoms with Crippen molar-refractivity contribution in [3.63, 3.8) is 0 Å². The standard InChI is InChI=1S/C9H19F3N2O2S/c1-13-6-2-3-8-17(15,16)14-7-4-5-9(10,11)12/h13-14H,2-8H2,1H3. The minimum atomic E-state index is -4.22. The van der Waals surface area contributed by atoms with Crippen LogP contribution in [0.1, 0.15) is 25.7 Å². The zero-order valence-electron chi connectivity index (χ0n) is 9.81. The Morgan fingerprint density at radius 2 is 1.71 bits per heavy atom. The van der Waals surface area contributed by atoms with Crippen molar-refractivity contribution >= 4 is 10.0 Å². The van der Waals surface area contributed by atoms with E-state index < -0.39 is 22.6 Å². The maximum absolute atomic E-state index is 11.8. The Morgan fingerprint density at radius 3 is 2.24 bits per heavy atom. The van der Waals surface area contributed by atoms with Crippen molar-refractivity contribution in [2.45, 2.75) is 31.9 Å². The van der Waals surface area contributed by atoms with Gasteiger partial charge in [-0.2, -0.15) is 13.2 Å². The van der Waals surface area contributed by atoms with Crippen LogP contribution in [0.2, 0.25) is 0 Å². The summed E-state index contributed by atoms with van der Waals surface area (Å²) in [6.07, 6.45) is -4.19. The lowest BCUT2D eigenvalue weighted by Gasteiger charge is -2.08. The van der Waals surface area contributed by atoms with Gasteiger partial charge in [0.2, 0.25) is 10.0 Å². The van der Waals surface area contributed by atoms with E-state index in [0.29, 0.717) is 6.42 Å². The van der Waals surface area contributed by atoms with Crippen molar-refractivity contribution in [1.29, 1.82) is 0 Å². The van der Waals surface area contributed by atoms with Gasteiger partial charge in [-0.05, 0) is 32.9 Å². The summed E-state index contributed by atoms with van der Waals surface area (Å²) in [6, 6.07) is 0. The van der Waals surface area contributed by atoms with E-state index in [9.17, 15) is 21.6 Å². The van der Waals surface area contributed by atoms with Crippen LogP contribution < -0.4 is 10.0 Å². The molecule has 0 aliphatic heterocycles. The highest BCUT2D eigenvalue weighted by atomic mass is 32.2. The first-order chi connectivity index (χ1) is 7.77. The maximum atomic E-state index is 11.8. The lowest BCUT2D eigenvalue weighted by Crippen LogP contribution is -2.28. The first-order valence-corrected chi connectivity index (χ1v) is 7.11. The molecule has 0 saturated carbocycles. The Bertz CT molecular complexity index is 291. The van der Waals surface area contributed by atoms with Gasteiger partial charge in [0, 0.05) is 13.0 Å². The summed E-state index contributed by atoms with van der Waals surface area (Å²) < 4.78 is 60.1. The van der Waals surface area contributed by atoms with E-state index in [-0.39, 0.29) is 18.7 Å². The normalized spacial score (nSPS) is 12.9. The number of hydrogen-bond acceptors (Lipinski definition) is 3. The van der Waals surface area contributed by atoms with E-state index in [1.807, 2.05) is 0 Å². The van der Waals surface area contributed by atoms with E-state index in [2.05, 4.69) is 10.0 Å². The molecule has 0 heterocycles.